The van der Waals surface area contributed by atoms with Crippen molar-refractivity contribution in [3.05, 3.63) is 42.2 Å². The molecule has 0 atom stereocenters. The number of imidazole rings is 1. The van der Waals surface area contributed by atoms with E-state index in [2.05, 4.69) is 20.3 Å². The van der Waals surface area contributed by atoms with Crippen molar-refractivity contribution < 1.29 is 19.0 Å². The number of nitrogens with one attached hydrogen (secondary N) is 1. The summed E-state index contributed by atoms with van der Waals surface area (Å²) in [4.78, 5) is 25.4. The normalized spacial score (nSPS) is 16.7. The fourth-order valence-corrected chi connectivity index (χ4v) is 2.98. The van der Waals surface area contributed by atoms with Crippen LogP contribution in [0.15, 0.2) is 36.7 Å². The smallest absolute Gasteiger partial charge is 0.298 e. The quantitative estimate of drug-likeness (QED) is 0.705. The Hall–Kier alpha value is -3.04. The first kappa shape index (κ1) is 19.3. The highest BCUT2D eigenvalue weighted by molar-refractivity contribution is 6.06. The van der Waals surface area contributed by atoms with Crippen LogP contribution in [0.25, 0.3) is 11.2 Å². The number of hydrogen-bond acceptors (Lipinski definition) is 7. The highest BCUT2D eigenvalue weighted by Crippen LogP contribution is 2.25. The van der Waals surface area contributed by atoms with Crippen molar-refractivity contribution in [2.75, 3.05) is 25.1 Å². The molecule has 0 spiro atoms. The fourth-order valence-electron chi connectivity index (χ4n) is 2.98. The minimum atomic E-state index is -0.560. The molecule has 2 aromatic heterocycles. The van der Waals surface area contributed by atoms with Crippen molar-refractivity contribution in [3.8, 4) is 6.01 Å². The Morgan fingerprint density at radius 3 is 2.69 bits per heavy atom. The summed E-state index contributed by atoms with van der Waals surface area (Å²) in [6.45, 7) is 5.27. The molecule has 3 aromatic rings. The van der Waals surface area contributed by atoms with Crippen molar-refractivity contribution >= 4 is 22.9 Å². The van der Waals surface area contributed by atoms with Crippen LogP contribution < -0.4 is 10.1 Å². The van der Waals surface area contributed by atoms with Crippen molar-refractivity contribution in [2.24, 2.45) is 13.0 Å². The largest absolute Gasteiger partial charge is 0.464 e. The van der Waals surface area contributed by atoms with Gasteiger partial charge in [-0.05, 0) is 26.0 Å². The van der Waals surface area contributed by atoms with Crippen LogP contribution in [0.1, 0.15) is 24.2 Å². The zero-order valence-electron chi connectivity index (χ0n) is 16.6. The van der Waals surface area contributed by atoms with Gasteiger partial charge in [0.15, 0.2) is 22.8 Å². The van der Waals surface area contributed by atoms with E-state index in [1.165, 1.54) is 6.33 Å². The average Bonchev–Trinajstić information content (AvgIpc) is 3.05. The zero-order chi connectivity index (χ0) is 20.4. The van der Waals surface area contributed by atoms with Gasteiger partial charge in [0.1, 0.15) is 6.33 Å². The molecule has 4 rings (SSSR count). The number of aryl methyl sites for hydroxylation is 1. The number of aromatic nitrogens is 4. The molecule has 9 nitrogen and oxygen atoms in total. The summed E-state index contributed by atoms with van der Waals surface area (Å²) >= 11 is 0. The van der Waals surface area contributed by atoms with E-state index in [9.17, 15) is 4.79 Å². The number of carbonyl (C=O) groups excluding carboxylic acids is 1. The van der Waals surface area contributed by atoms with Gasteiger partial charge in [0.2, 0.25) is 0 Å². The Kier molecular flexibility index (Phi) is 5.16. The molecule has 1 saturated heterocycles. The molecule has 9 heteroatoms. The number of fused-ring (bicyclic) bond motifs is 1. The maximum Gasteiger partial charge on any atom is 0.298 e. The van der Waals surface area contributed by atoms with Gasteiger partial charge in [0.05, 0.1) is 19.8 Å². The number of anilines is 1. The Morgan fingerprint density at radius 1 is 1.24 bits per heavy atom. The third-order valence-corrected chi connectivity index (χ3v) is 4.66. The van der Waals surface area contributed by atoms with Gasteiger partial charge in [-0.25, -0.2) is 9.97 Å². The van der Waals surface area contributed by atoms with Crippen molar-refractivity contribution in [1.82, 2.24) is 19.5 Å². The highest BCUT2D eigenvalue weighted by Gasteiger charge is 2.29. The average molecular weight is 397 g/mol. The molecular weight excluding hydrogens is 374 g/mol. The summed E-state index contributed by atoms with van der Waals surface area (Å²) < 4.78 is 18.9. The lowest BCUT2D eigenvalue weighted by molar-refractivity contribution is -0.264. The number of rotatable bonds is 5. The van der Waals surface area contributed by atoms with Gasteiger partial charge in [-0.2, -0.15) is 4.98 Å². The molecule has 0 aliphatic carbocycles. The Morgan fingerprint density at radius 2 is 1.97 bits per heavy atom. The second-order valence-corrected chi connectivity index (χ2v) is 7.37. The second kappa shape index (κ2) is 7.76. The fraction of sp³-hybridized carbons (Fsp3) is 0.400. The SMILES string of the molecule is Cn1c(OCC2COC(C)(C)OC2)nc2c(NC(=O)c3ccccc3)ncnc21. The number of amides is 1. The molecule has 0 saturated carbocycles. The maximum absolute atomic E-state index is 12.5. The number of hydrogen-bond donors (Lipinski definition) is 1. The first-order valence-corrected chi connectivity index (χ1v) is 9.37. The van der Waals surface area contributed by atoms with E-state index in [-0.39, 0.29) is 11.8 Å². The first-order chi connectivity index (χ1) is 13.9. The Balaban J connectivity index is 1.50. The summed E-state index contributed by atoms with van der Waals surface area (Å²) in [7, 11) is 1.80. The summed E-state index contributed by atoms with van der Waals surface area (Å²) in [6, 6.07) is 9.31. The summed E-state index contributed by atoms with van der Waals surface area (Å²) in [5, 5.41) is 2.79. The molecule has 0 bridgehead atoms. The Bertz CT molecular complexity index is 1010. The third kappa shape index (κ3) is 4.20. The molecule has 1 N–H and O–H groups in total. The Labute approximate surface area is 168 Å². The van der Waals surface area contributed by atoms with Gasteiger partial charge < -0.3 is 19.5 Å². The molecule has 0 radical (unpaired) electrons. The molecule has 1 fully saturated rings. The molecule has 152 valence electrons. The van der Waals surface area contributed by atoms with Gasteiger partial charge in [-0.1, -0.05) is 18.2 Å². The van der Waals surface area contributed by atoms with E-state index in [1.807, 2.05) is 19.9 Å². The van der Waals surface area contributed by atoms with E-state index in [4.69, 9.17) is 14.2 Å². The predicted molar refractivity (Wildman–Crippen MR) is 106 cm³/mol. The molecule has 1 aromatic carbocycles. The van der Waals surface area contributed by atoms with E-state index in [1.54, 1.807) is 35.9 Å². The van der Waals surface area contributed by atoms with Crippen LogP contribution in [0.2, 0.25) is 0 Å². The van der Waals surface area contributed by atoms with Crippen LogP contribution in [-0.4, -0.2) is 51.0 Å². The van der Waals surface area contributed by atoms with Gasteiger partial charge in [-0.3, -0.25) is 9.36 Å². The van der Waals surface area contributed by atoms with E-state index < -0.39 is 5.79 Å². The van der Waals surface area contributed by atoms with Crippen molar-refractivity contribution in [3.63, 3.8) is 0 Å². The summed E-state index contributed by atoms with van der Waals surface area (Å²) in [5.74, 6) is -0.389. The summed E-state index contributed by atoms with van der Waals surface area (Å²) in [6.07, 6.45) is 1.39. The molecule has 3 heterocycles. The summed E-state index contributed by atoms with van der Waals surface area (Å²) in [5.41, 5.74) is 1.56. The molecular formula is C20H23N5O4. The third-order valence-electron chi connectivity index (χ3n) is 4.66. The zero-order valence-corrected chi connectivity index (χ0v) is 16.6. The minimum Gasteiger partial charge on any atom is -0.464 e. The predicted octanol–water partition coefficient (Wildman–Crippen LogP) is 2.39. The van der Waals surface area contributed by atoms with Gasteiger partial charge in [-0.15, -0.1) is 0 Å². The number of benzene rings is 1. The molecule has 1 aliphatic rings. The van der Waals surface area contributed by atoms with Crippen LogP contribution in [0.5, 0.6) is 6.01 Å². The number of nitrogens with zero attached hydrogens (tertiary/aromatic N) is 4. The van der Waals surface area contributed by atoms with Gasteiger partial charge in [0.25, 0.3) is 11.9 Å². The lowest BCUT2D eigenvalue weighted by Gasteiger charge is -2.34. The monoisotopic (exact) mass is 397 g/mol. The lowest BCUT2D eigenvalue weighted by Crippen LogP contribution is -2.41. The van der Waals surface area contributed by atoms with Crippen LogP contribution in [0.3, 0.4) is 0 Å². The topological polar surface area (TPSA) is 100 Å². The standard InChI is InChI=1S/C20H23N5O4/c1-20(2)28-10-13(11-29-20)9-27-19-23-15-16(21-12-22-17(15)25(19)3)24-18(26)14-7-5-4-6-8-14/h4-8,12-13H,9-11H2,1-3H3,(H,21,22,24,26). The van der Waals surface area contributed by atoms with Crippen LogP contribution in [-0.2, 0) is 16.5 Å². The highest BCUT2D eigenvalue weighted by atomic mass is 16.7. The van der Waals surface area contributed by atoms with Crippen LogP contribution in [0, 0.1) is 5.92 Å². The molecule has 29 heavy (non-hydrogen) atoms. The molecule has 1 aliphatic heterocycles. The van der Waals surface area contributed by atoms with E-state index in [0.29, 0.717) is 48.4 Å². The molecule has 0 unspecified atom stereocenters. The lowest BCUT2D eigenvalue weighted by atomic mass is 10.1. The van der Waals surface area contributed by atoms with Crippen molar-refractivity contribution in [2.45, 2.75) is 19.6 Å². The maximum atomic E-state index is 12.5. The first-order valence-electron chi connectivity index (χ1n) is 9.37. The second-order valence-electron chi connectivity index (χ2n) is 7.37. The minimum absolute atomic E-state index is 0.103. The van der Waals surface area contributed by atoms with Crippen LogP contribution >= 0.6 is 0 Å². The van der Waals surface area contributed by atoms with Crippen LogP contribution in [0.4, 0.5) is 5.82 Å². The van der Waals surface area contributed by atoms with E-state index >= 15 is 0 Å². The van der Waals surface area contributed by atoms with Crippen molar-refractivity contribution in [1.29, 1.82) is 0 Å². The van der Waals surface area contributed by atoms with Gasteiger partial charge >= 0.3 is 0 Å². The van der Waals surface area contributed by atoms with E-state index in [0.717, 1.165) is 0 Å². The molecule has 1 amide bonds. The number of carbonyl (C=O) groups is 1. The number of ether oxygens (including phenoxy) is 3. The van der Waals surface area contributed by atoms with Gasteiger partial charge in [0, 0.05) is 18.5 Å².